The van der Waals surface area contributed by atoms with Crippen molar-refractivity contribution in [2.45, 2.75) is 27.3 Å². The molecule has 1 amide bonds. The SMILES string of the molecule is CCOc1ccc(-c2c(C)sc3nc(C)n(CC(=O)N4CCOCC4)c(=O)c23)cc1. The van der Waals surface area contributed by atoms with Crippen molar-refractivity contribution in [3.05, 3.63) is 45.3 Å². The van der Waals surface area contributed by atoms with E-state index in [0.29, 0.717) is 49.0 Å². The minimum atomic E-state index is -0.174. The van der Waals surface area contributed by atoms with Gasteiger partial charge in [-0.05, 0) is 38.5 Å². The molecule has 0 spiro atoms. The maximum atomic E-state index is 13.5. The maximum Gasteiger partial charge on any atom is 0.263 e. The average Bonchev–Trinajstić information content (AvgIpc) is 3.08. The van der Waals surface area contributed by atoms with Gasteiger partial charge in [0.15, 0.2) is 0 Å². The van der Waals surface area contributed by atoms with Gasteiger partial charge in [0.1, 0.15) is 22.9 Å². The van der Waals surface area contributed by atoms with Crippen molar-refractivity contribution in [3.63, 3.8) is 0 Å². The topological polar surface area (TPSA) is 73.7 Å². The van der Waals surface area contributed by atoms with Gasteiger partial charge in [0.2, 0.25) is 5.91 Å². The molecule has 0 radical (unpaired) electrons. The molecule has 1 aliphatic rings. The smallest absolute Gasteiger partial charge is 0.263 e. The van der Waals surface area contributed by atoms with Crippen LogP contribution in [0.4, 0.5) is 0 Å². The molecule has 0 saturated carbocycles. The van der Waals surface area contributed by atoms with Crippen LogP contribution in [0.25, 0.3) is 21.3 Å². The van der Waals surface area contributed by atoms with E-state index in [1.54, 1.807) is 11.8 Å². The van der Waals surface area contributed by atoms with Gasteiger partial charge in [-0.1, -0.05) is 12.1 Å². The van der Waals surface area contributed by atoms with Gasteiger partial charge < -0.3 is 14.4 Å². The van der Waals surface area contributed by atoms with E-state index in [4.69, 9.17) is 9.47 Å². The summed E-state index contributed by atoms with van der Waals surface area (Å²) >= 11 is 1.50. The summed E-state index contributed by atoms with van der Waals surface area (Å²) in [5, 5.41) is 0.571. The first-order chi connectivity index (χ1) is 14.5. The second-order valence-corrected chi connectivity index (χ2v) is 8.42. The Balaban J connectivity index is 1.75. The molecule has 1 fully saturated rings. The highest BCUT2D eigenvalue weighted by atomic mass is 32.1. The fraction of sp³-hybridized carbons (Fsp3) is 0.409. The van der Waals surface area contributed by atoms with E-state index in [0.717, 1.165) is 21.8 Å². The minimum absolute atomic E-state index is 0.00871. The summed E-state index contributed by atoms with van der Waals surface area (Å²) in [6.45, 7) is 8.48. The predicted octanol–water partition coefficient (Wildman–Crippen LogP) is 3.00. The molecule has 0 aliphatic carbocycles. The quantitative estimate of drug-likeness (QED) is 0.626. The number of carbonyl (C=O) groups excluding carboxylic acids is 1. The maximum absolute atomic E-state index is 13.5. The highest BCUT2D eigenvalue weighted by Gasteiger charge is 2.22. The number of amides is 1. The number of aromatic nitrogens is 2. The highest BCUT2D eigenvalue weighted by Crippen LogP contribution is 2.36. The molecule has 1 aliphatic heterocycles. The number of thiophene rings is 1. The van der Waals surface area contributed by atoms with Crippen LogP contribution < -0.4 is 10.3 Å². The van der Waals surface area contributed by atoms with Gasteiger partial charge in [0, 0.05) is 23.5 Å². The van der Waals surface area contributed by atoms with E-state index in [2.05, 4.69) is 4.98 Å². The molecular formula is C22H25N3O4S. The van der Waals surface area contributed by atoms with E-state index >= 15 is 0 Å². The molecule has 8 heteroatoms. The fourth-order valence-electron chi connectivity index (χ4n) is 3.76. The molecule has 158 valence electrons. The molecule has 2 aromatic heterocycles. The third-order valence-corrected chi connectivity index (χ3v) is 6.29. The number of aryl methyl sites for hydroxylation is 2. The lowest BCUT2D eigenvalue weighted by molar-refractivity contribution is -0.136. The first kappa shape index (κ1) is 20.6. The second-order valence-electron chi connectivity index (χ2n) is 7.21. The lowest BCUT2D eigenvalue weighted by Gasteiger charge is -2.27. The van der Waals surface area contributed by atoms with Crippen molar-refractivity contribution in [1.29, 1.82) is 0 Å². The van der Waals surface area contributed by atoms with Gasteiger partial charge >= 0.3 is 0 Å². The molecule has 0 atom stereocenters. The Morgan fingerprint density at radius 1 is 1.20 bits per heavy atom. The standard InChI is InChI=1S/C22H25N3O4S/c1-4-29-17-7-5-16(6-8-17)19-14(2)30-21-20(19)22(27)25(15(3)23-21)13-18(26)24-9-11-28-12-10-24/h5-8H,4,9-13H2,1-3H3. The predicted molar refractivity (Wildman–Crippen MR) is 117 cm³/mol. The van der Waals surface area contributed by atoms with Gasteiger partial charge in [0.05, 0.1) is 25.2 Å². The number of carbonyl (C=O) groups is 1. The minimum Gasteiger partial charge on any atom is -0.494 e. The molecule has 0 unspecified atom stereocenters. The van der Waals surface area contributed by atoms with E-state index in [1.807, 2.05) is 38.1 Å². The van der Waals surface area contributed by atoms with Crippen LogP contribution in [0, 0.1) is 13.8 Å². The van der Waals surface area contributed by atoms with Gasteiger partial charge in [-0.25, -0.2) is 4.98 Å². The van der Waals surface area contributed by atoms with Crippen LogP contribution in [-0.4, -0.2) is 53.3 Å². The molecule has 3 heterocycles. The summed E-state index contributed by atoms with van der Waals surface area (Å²) < 4.78 is 12.3. The van der Waals surface area contributed by atoms with Crippen molar-refractivity contribution in [1.82, 2.24) is 14.5 Å². The van der Waals surface area contributed by atoms with Crippen molar-refractivity contribution in [2.24, 2.45) is 0 Å². The Morgan fingerprint density at radius 3 is 2.57 bits per heavy atom. The molecule has 30 heavy (non-hydrogen) atoms. The molecule has 4 rings (SSSR count). The molecule has 1 aromatic carbocycles. The second kappa shape index (κ2) is 8.57. The first-order valence-corrected chi connectivity index (χ1v) is 10.9. The number of nitrogens with zero attached hydrogens (tertiary/aromatic N) is 3. The van der Waals surface area contributed by atoms with Crippen LogP contribution in [0.1, 0.15) is 17.6 Å². The molecule has 0 N–H and O–H groups in total. The Morgan fingerprint density at radius 2 is 1.90 bits per heavy atom. The Labute approximate surface area is 178 Å². The molecule has 3 aromatic rings. The van der Waals surface area contributed by atoms with E-state index in [9.17, 15) is 9.59 Å². The summed E-state index contributed by atoms with van der Waals surface area (Å²) in [5.74, 6) is 1.26. The third-order valence-electron chi connectivity index (χ3n) is 5.29. The Hall–Kier alpha value is -2.71. The summed E-state index contributed by atoms with van der Waals surface area (Å²) in [7, 11) is 0. The number of hydrogen-bond donors (Lipinski definition) is 0. The molecular weight excluding hydrogens is 402 g/mol. The number of ether oxygens (including phenoxy) is 2. The van der Waals surface area contributed by atoms with Crippen LogP contribution in [0.3, 0.4) is 0 Å². The van der Waals surface area contributed by atoms with Crippen molar-refractivity contribution >= 4 is 27.5 Å². The van der Waals surface area contributed by atoms with Gasteiger partial charge in [-0.15, -0.1) is 11.3 Å². The summed E-state index contributed by atoms with van der Waals surface area (Å²) in [6, 6.07) is 7.73. The first-order valence-electron chi connectivity index (χ1n) is 10.1. The van der Waals surface area contributed by atoms with E-state index in [1.165, 1.54) is 15.9 Å². The third kappa shape index (κ3) is 3.85. The van der Waals surface area contributed by atoms with Crippen LogP contribution in [0.2, 0.25) is 0 Å². The normalized spacial score (nSPS) is 14.3. The molecule has 0 bridgehead atoms. The van der Waals surface area contributed by atoms with Crippen LogP contribution >= 0.6 is 11.3 Å². The summed E-state index contributed by atoms with van der Waals surface area (Å²) in [5.41, 5.74) is 1.64. The van der Waals surface area contributed by atoms with Crippen molar-refractivity contribution in [2.75, 3.05) is 32.9 Å². The van der Waals surface area contributed by atoms with E-state index in [-0.39, 0.29) is 18.0 Å². The van der Waals surface area contributed by atoms with Crippen LogP contribution in [0.15, 0.2) is 29.1 Å². The van der Waals surface area contributed by atoms with E-state index < -0.39 is 0 Å². The van der Waals surface area contributed by atoms with Crippen LogP contribution in [0.5, 0.6) is 5.75 Å². The number of morpholine rings is 1. The van der Waals surface area contributed by atoms with Gasteiger partial charge in [-0.2, -0.15) is 0 Å². The Kier molecular flexibility index (Phi) is 5.87. The number of fused-ring (bicyclic) bond motifs is 1. The number of benzene rings is 1. The number of hydrogen-bond acceptors (Lipinski definition) is 6. The average molecular weight is 428 g/mol. The lowest BCUT2D eigenvalue weighted by Crippen LogP contribution is -2.43. The highest BCUT2D eigenvalue weighted by molar-refractivity contribution is 7.19. The van der Waals surface area contributed by atoms with Crippen molar-refractivity contribution in [3.8, 4) is 16.9 Å². The summed E-state index contributed by atoms with van der Waals surface area (Å²) in [6.07, 6.45) is 0. The van der Waals surface area contributed by atoms with Crippen LogP contribution in [-0.2, 0) is 16.1 Å². The lowest BCUT2D eigenvalue weighted by atomic mass is 10.0. The zero-order valence-electron chi connectivity index (χ0n) is 17.4. The van der Waals surface area contributed by atoms with Gasteiger partial charge in [0.25, 0.3) is 5.56 Å². The monoisotopic (exact) mass is 427 g/mol. The zero-order chi connectivity index (χ0) is 21.3. The molecule has 1 saturated heterocycles. The van der Waals surface area contributed by atoms with Crippen molar-refractivity contribution < 1.29 is 14.3 Å². The van der Waals surface area contributed by atoms with Gasteiger partial charge in [-0.3, -0.25) is 14.2 Å². The Bertz CT molecular complexity index is 1130. The fourth-order valence-corrected chi connectivity index (χ4v) is 4.84. The zero-order valence-corrected chi connectivity index (χ0v) is 18.3. The summed E-state index contributed by atoms with van der Waals surface area (Å²) in [4.78, 5) is 34.3. The largest absolute Gasteiger partial charge is 0.494 e. The molecule has 7 nitrogen and oxygen atoms in total. The number of rotatable bonds is 5.